The molecule has 0 N–H and O–H groups in total. The Bertz CT molecular complexity index is 733. The van der Waals surface area contributed by atoms with E-state index in [2.05, 4.69) is 4.98 Å². The molecule has 1 aromatic heterocycles. The van der Waals surface area contributed by atoms with E-state index in [1.165, 1.54) is 12.1 Å². The number of carboxylic acids is 1. The molecule has 0 aliphatic heterocycles. The Labute approximate surface area is 120 Å². The van der Waals surface area contributed by atoms with Crippen molar-refractivity contribution in [1.29, 1.82) is 0 Å². The molecule has 98 valence electrons. The summed E-state index contributed by atoms with van der Waals surface area (Å²) in [7, 11) is 0. The van der Waals surface area contributed by atoms with E-state index in [0.717, 1.165) is 21.0 Å². The van der Waals surface area contributed by atoms with Crippen molar-refractivity contribution in [3.8, 4) is 21.0 Å². The van der Waals surface area contributed by atoms with Crippen LogP contribution in [0.2, 0.25) is 0 Å². The third-order valence-electron chi connectivity index (χ3n) is 2.93. The summed E-state index contributed by atoms with van der Waals surface area (Å²) >= 11 is 1.58. The van der Waals surface area contributed by atoms with Crippen molar-refractivity contribution in [3.63, 3.8) is 0 Å². The zero-order valence-electron chi connectivity index (χ0n) is 10.4. The summed E-state index contributed by atoms with van der Waals surface area (Å²) in [6.07, 6.45) is 1.84. The van der Waals surface area contributed by atoms with Crippen LogP contribution in [-0.2, 0) is 0 Å². The Hall–Kier alpha value is -2.46. The molecule has 0 spiro atoms. The number of hydrogen-bond donors (Lipinski definition) is 0. The topological polar surface area (TPSA) is 53.0 Å². The fourth-order valence-corrected chi connectivity index (χ4v) is 2.82. The van der Waals surface area contributed by atoms with Crippen molar-refractivity contribution in [2.75, 3.05) is 0 Å². The minimum atomic E-state index is -1.17. The van der Waals surface area contributed by atoms with E-state index in [1.807, 2.05) is 36.5 Å². The summed E-state index contributed by atoms with van der Waals surface area (Å²) in [4.78, 5) is 16.2. The van der Waals surface area contributed by atoms with Crippen LogP contribution in [0.3, 0.4) is 0 Å². The Kier molecular flexibility index (Phi) is 3.31. The second-order valence-electron chi connectivity index (χ2n) is 4.26. The first-order chi connectivity index (χ1) is 9.74. The van der Waals surface area contributed by atoms with Gasteiger partial charge in [0.1, 0.15) is 5.01 Å². The summed E-state index contributed by atoms with van der Waals surface area (Å²) in [6, 6.07) is 16.6. The SMILES string of the molecule is O=C([O-])c1ccc(-c2ncc(-c3ccccc3)s2)cc1. The lowest BCUT2D eigenvalue weighted by Gasteiger charge is -2.02. The number of aromatic carboxylic acids is 1. The van der Waals surface area contributed by atoms with Crippen molar-refractivity contribution in [2.45, 2.75) is 0 Å². The van der Waals surface area contributed by atoms with Crippen LogP contribution in [0, 0.1) is 0 Å². The number of nitrogens with zero attached hydrogens (tertiary/aromatic N) is 1. The van der Waals surface area contributed by atoms with Crippen LogP contribution in [0.25, 0.3) is 21.0 Å². The standard InChI is InChI=1S/C16H11NO2S/c18-16(19)13-8-6-12(7-9-13)15-17-10-14(20-15)11-4-2-1-3-5-11/h1-10H,(H,18,19)/p-1. The second kappa shape index (κ2) is 5.27. The highest BCUT2D eigenvalue weighted by Gasteiger charge is 2.06. The van der Waals surface area contributed by atoms with E-state index in [0.29, 0.717) is 0 Å². The number of carbonyl (C=O) groups is 1. The lowest BCUT2D eigenvalue weighted by molar-refractivity contribution is -0.255. The molecule has 3 rings (SSSR count). The van der Waals surface area contributed by atoms with Crippen LogP contribution in [0.15, 0.2) is 60.8 Å². The van der Waals surface area contributed by atoms with Crippen molar-refractivity contribution >= 4 is 17.3 Å². The van der Waals surface area contributed by atoms with Crippen LogP contribution in [0.4, 0.5) is 0 Å². The van der Waals surface area contributed by atoms with Gasteiger partial charge in [-0.05, 0) is 11.1 Å². The van der Waals surface area contributed by atoms with Crippen LogP contribution in [0.1, 0.15) is 10.4 Å². The number of carbonyl (C=O) groups excluding carboxylic acids is 1. The first kappa shape index (κ1) is 12.6. The average molecular weight is 280 g/mol. The molecule has 0 saturated carbocycles. The fourth-order valence-electron chi connectivity index (χ4n) is 1.89. The smallest absolute Gasteiger partial charge is 0.123 e. The van der Waals surface area contributed by atoms with E-state index in [4.69, 9.17) is 0 Å². The molecule has 1 heterocycles. The van der Waals surface area contributed by atoms with E-state index in [9.17, 15) is 9.90 Å². The zero-order chi connectivity index (χ0) is 13.9. The van der Waals surface area contributed by atoms with Gasteiger partial charge in [-0.3, -0.25) is 0 Å². The third kappa shape index (κ3) is 2.46. The van der Waals surface area contributed by atoms with E-state index in [-0.39, 0.29) is 5.56 Å². The molecule has 3 aromatic rings. The molecule has 2 aromatic carbocycles. The highest BCUT2D eigenvalue weighted by Crippen LogP contribution is 2.31. The normalized spacial score (nSPS) is 10.4. The van der Waals surface area contributed by atoms with Gasteiger partial charge in [-0.2, -0.15) is 0 Å². The highest BCUT2D eigenvalue weighted by molar-refractivity contribution is 7.18. The Morgan fingerprint density at radius 1 is 0.950 bits per heavy atom. The third-order valence-corrected chi connectivity index (χ3v) is 4.03. The Morgan fingerprint density at radius 2 is 1.65 bits per heavy atom. The van der Waals surface area contributed by atoms with Crippen LogP contribution < -0.4 is 5.11 Å². The molecule has 4 heteroatoms. The Balaban J connectivity index is 1.92. The van der Waals surface area contributed by atoms with E-state index >= 15 is 0 Å². The number of rotatable bonds is 3. The number of aromatic nitrogens is 1. The van der Waals surface area contributed by atoms with Crippen LogP contribution in [0.5, 0.6) is 0 Å². The molecule has 0 bridgehead atoms. The molecule has 0 saturated heterocycles. The van der Waals surface area contributed by atoms with E-state index in [1.54, 1.807) is 23.5 Å². The molecular formula is C16H10NO2S-. The summed E-state index contributed by atoms with van der Waals surface area (Å²) in [5.74, 6) is -1.17. The maximum absolute atomic E-state index is 10.7. The van der Waals surface area contributed by atoms with Gasteiger partial charge >= 0.3 is 0 Å². The summed E-state index contributed by atoms with van der Waals surface area (Å²) in [5.41, 5.74) is 2.21. The van der Waals surface area contributed by atoms with Gasteiger partial charge in [0.25, 0.3) is 0 Å². The van der Waals surface area contributed by atoms with Gasteiger partial charge < -0.3 is 9.90 Å². The van der Waals surface area contributed by atoms with Crippen molar-refractivity contribution < 1.29 is 9.90 Å². The summed E-state index contributed by atoms with van der Waals surface area (Å²) in [5, 5.41) is 11.6. The lowest BCUT2D eigenvalue weighted by atomic mass is 10.1. The van der Waals surface area contributed by atoms with Crippen molar-refractivity contribution in [3.05, 3.63) is 66.4 Å². The first-order valence-electron chi connectivity index (χ1n) is 6.07. The van der Waals surface area contributed by atoms with E-state index < -0.39 is 5.97 Å². The van der Waals surface area contributed by atoms with Gasteiger partial charge in [-0.25, -0.2) is 4.98 Å². The number of hydrogen-bond acceptors (Lipinski definition) is 4. The molecule has 0 fully saturated rings. The second-order valence-corrected chi connectivity index (χ2v) is 5.29. The van der Waals surface area contributed by atoms with Crippen molar-refractivity contribution in [2.24, 2.45) is 0 Å². The summed E-state index contributed by atoms with van der Waals surface area (Å²) < 4.78 is 0. The molecule has 0 unspecified atom stereocenters. The molecule has 0 radical (unpaired) electrons. The predicted octanol–water partition coefficient (Wildman–Crippen LogP) is 2.84. The van der Waals surface area contributed by atoms with Gasteiger partial charge in [0.05, 0.1) is 10.8 Å². The van der Waals surface area contributed by atoms with Crippen LogP contribution >= 0.6 is 11.3 Å². The van der Waals surface area contributed by atoms with Crippen LogP contribution in [-0.4, -0.2) is 11.0 Å². The molecule has 0 aliphatic rings. The Morgan fingerprint density at radius 3 is 2.30 bits per heavy atom. The lowest BCUT2D eigenvalue weighted by Crippen LogP contribution is -2.21. The minimum Gasteiger partial charge on any atom is -0.545 e. The molecule has 0 atom stereocenters. The quantitative estimate of drug-likeness (QED) is 0.741. The number of carboxylic acid groups (broad SMARTS) is 1. The molecular weight excluding hydrogens is 270 g/mol. The average Bonchev–Trinajstić information content (AvgIpc) is 2.98. The maximum Gasteiger partial charge on any atom is 0.123 e. The molecule has 0 amide bonds. The van der Waals surface area contributed by atoms with Gasteiger partial charge in [-0.1, -0.05) is 54.6 Å². The summed E-state index contributed by atoms with van der Waals surface area (Å²) in [6.45, 7) is 0. The van der Waals surface area contributed by atoms with Gasteiger partial charge in [0, 0.05) is 11.8 Å². The molecule has 20 heavy (non-hydrogen) atoms. The minimum absolute atomic E-state index is 0.175. The zero-order valence-corrected chi connectivity index (χ0v) is 11.3. The molecule has 3 nitrogen and oxygen atoms in total. The maximum atomic E-state index is 10.7. The van der Waals surface area contributed by atoms with Gasteiger partial charge in [0.15, 0.2) is 0 Å². The number of benzene rings is 2. The highest BCUT2D eigenvalue weighted by atomic mass is 32.1. The van der Waals surface area contributed by atoms with Crippen molar-refractivity contribution in [1.82, 2.24) is 4.98 Å². The molecule has 0 aliphatic carbocycles. The van der Waals surface area contributed by atoms with Gasteiger partial charge in [0.2, 0.25) is 0 Å². The fraction of sp³-hybridized carbons (Fsp3) is 0. The first-order valence-corrected chi connectivity index (χ1v) is 6.89. The predicted molar refractivity (Wildman–Crippen MR) is 77.3 cm³/mol. The number of thiazole rings is 1. The monoisotopic (exact) mass is 280 g/mol. The largest absolute Gasteiger partial charge is 0.545 e. The van der Waals surface area contributed by atoms with Gasteiger partial charge in [-0.15, -0.1) is 11.3 Å².